The maximum atomic E-state index is 11.5. The minimum atomic E-state index is -0.104. The van der Waals surface area contributed by atoms with Gasteiger partial charge < -0.3 is 4.74 Å². The molecule has 0 atom stereocenters. The molecule has 3 nitrogen and oxygen atoms in total. The van der Waals surface area contributed by atoms with Crippen molar-refractivity contribution in [2.75, 3.05) is 6.61 Å². The van der Waals surface area contributed by atoms with Crippen molar-refractivity contribution < 1.29 is 14.3 Å². The lowest BCUT2D eigenvalue weighted by Gasteiger charge is -2.02. The maximum Gasteiger partial charge on any atom is 0.305 e. The molecule has 0 aromatic heterocycles. The lowest BCUT2D eigenvalue weighted by molar-refractivity contribution is -0.143. The summed E-state index contributed by atoms with van der Waals surface area (Å²) in [5, 5.41) is 0. The number of ether oxygens (including phenoxy) is 1. The number of hydrogen-bond acceptors (Lipinski definition) is 3. The highest BCUT2D eigenvalue weighted by Gasteiger charge is 2.03. The zero-order chi connectivity index (χ0) is 13.6. The quantitative estimate of drug-likeness (QED) is 0.391. The Morgan fingerprint density at radius 1 is 0.778 bits per heavy atom. The van der Waals surface area contributed by atoms with Gasteiger partial charge in [-0.05, 0) is 26.2 Å². The smallest absolute Gasteiger partial charge is 0.305 e. The van der Waals surface area contributed by atoms with Crippen molar-refractivity contribution in [1.82, 2.24) is 0 Å². The molecule has 18 heavy (non-hydrogen) atoms. The summed E-state index contributed by atoms with van der Waals surface area (Å²) in [6, 6.07) is 0. The lowest BCUT2D eigenvalue weighted by atomic mass is 10.0. The highest BCUT2D eigenvalue weighted by atomic mass is 16.5. The Morgan fingerprint density at radius 3 is 1.89 bits per heavy atom. The Hall–Kier alpha value is -0.860. The average molecular weight is 256 g/mol. The molecule has 0 heterocycles. The molecule has 0 aromatic rings. The van der Waals surface area contributed by atoms with Crippen LogP contribution in [0.5, 0.6) is 0 Å². The standard InChI is InChI=1S/C15H28O3/c1-3-5-8-11-14(16)12-9-6-7-10-13-15(17)18-4-2/h3-13H2,1-2H3. The summed E-state index contributed by atoms with van der Waals surface area (Å²) in [6.45, 7) is 4.43. The highest BCUT2D eigenvalue weighted by molar-refractivity contribution is 5.78. The highest BCUT2D eigenvalue weighted by Crippen LogP contribution is 2.09. The van der Waals surface area contributed by atoms with Crippen molar-refractivity contribution in [3.8, 4) is 0 Å². The Morgan fingerprint density at radius 2 is 1.33 bits per heavy atom. The number of Topliss-reactive ketones (excluding diaryl/α,β-unsaturated/α-hetero) is 1. The van der Waals surface area contributed by atoms with E-state index in [1.807, 2.05) is 6.92 Å². The van der Waals surface area contributed by atoms with Crippen LogP contribution in [-0.4, -0.2) is 18.4 Å². The van der Waals surface area contributed by atoms with Gasteiger partial charge in [-0.1, -0.05) is 32.6 Å². The van der Waals surface area contributed by atoms with Crippen molar-refractivity contribution in [2.45, 2.75) is 78.1 Å². The van der Waals surface area contributed by atoms with Crippen LogP contribution in [0.1, 0.15) is 78.1 Å². The second-order valence-corrected chi connectivity index (χ2v) is 4.72. The van der Waals surface area contributed by atoms with Gasteiger partial charge >= 0.3 is 5.97 Å². The van der Waals surface area contributed by atoms with Crippen molar-refractivity contribution in [3.63, 3.8) is 0 Å². The Kier molecular flexibility index (Phi) is 12.0. The Labute approximate surface area is 111 Å². The van der Waals surface area contributed by atoms with E-state index >= 15 is 0 Å². The number of carbonyl (C=O) groups excluding carboxylic acids is 2. The summed E-state index contributed by atoms with van der Waals surface area (Å²) in [6.07, 6.45) is 9.24. The van der Waals surface area contributed by atoms with Crippen molar-refractivity contribution in [3.05, 3.63) is 0 Å². The Bertz CT molecular complexity index is 224. The summed E-state index contributed by atoms with van der Waals surface area (Å²) < 4.78 is 4.85. The molecule has 0 saturated heterocycles. The monoisotopic (exact) mass is 256 g/mol. The van der Waals surface area contributed by atoms with Crippen LogP contribution in [0.2, 0.25) is 0 Å². The van der Waals surface area contributed by atoms with E-state index in [1.54, 1.807) is 0 Å². The third-order valence-electron chi connectivity index (χ3n) is 2.95. The van der Waals surface area contributed by atoms with Crippen LogP contribution in [0.4, 0.5) is 0 Å². The first-order valence-corrected chi connectivity index (χ1v) is 7.38. The minimum absolute atomic E-state index is 0.104. The number of rotatable bonds is 12. The molecular weight excluding hydrogens is 228 g/mol. The maximum absolute atomic E-state index is 11.5. The van der Waals surface area contributed by atoms with E-state index in [2.05, 4.69) is 6.92 Å². The number of esters is 1. The van der Waals surface area contributed by atoms with E-state index in [-0.39, 0.29) is 5.97 Å². The van der Waals surface area contributed by atoms with Gasteiger partial charge in [0.05, 0.1) is 6.61 Å². The van der Waals surface area contributed by atoms with Crippen LogP contribution in [0, 0.1) is 0 Å². The molecule has 0 bridgehead atoms. The molecule has 0 rings (SSSR count). The molecule has 0 radical (unpaired) electrons. The van der Waals surface area contributed by atoms with Crippen LogP contribution in [-0.2, 0) is 14.3 Å². The number of unbranched alkanes of at least 4 members (excludes halogenated alkanes) is 5. The zero-order valence-electron chi connectivity index (χ0n) is 12.0. The fourth-order valence-corrected chi connectivity index (χ4v) is 1.88. The van der Waals surface area contributed by atoms with E-state index in [9.17, 15) is 9.59 Å². The first-order chi connectivity index (χ1) is 8.70. The molecule has 0 aromatic carbocycles. The second kappa shape index (κ2) is 12.6. The molecule has 0 N–H and O–H groups in total. The molecular formula is C15H28O3. The van der Waals surface area contributed by atoms with Crippen molar-refractivity contribution in [1.29, 1.82) is 0 Å². The molecule has 106 valence electrons. The van der Waals surface area contributed by atoms with Crippen molar-refractivity contribution in [2.24, 2.45) is 0 Å². The summed E-state index contributed by atoms with van der Waals surface area (Å²) in [5.41, 5.74) is 0. The van der Waals surface area contributed by atoms with E-state index in [0.717, 1.165) is 44.9 Å². The van der Waals surface area contributed by atoms with Gasteiger partial charge in [0, 0.05) is 19.3 Å². The van der Waals surface area contributed by atoms with Crippen LogP contribution in [0.15, 0.2) is 0 Å². The van der Waals surface area contributed by atoms with Gasteiger partial charge in [0.2, 0.25) is 0 Å². The molecule has 0 aliphatic heterocycles. The average Bonchev–Trinajstić information content (AvgIpc) is 2.34. The first kappa shape index (κ1) is 17.1. The fourth-order valence-electron chi connectivity index (χ4n) is 1.88. The fraction of sp³-hybridized carbons (Fsp3) is 0.867. The zero-order valence-corrected chi connectivity index (χ0v) is 12.0. The van der Waals surface area contributed by atoms with E-state index in [0.29, 0.717) is 25.2 Å². The van der Waals surface area contributed by atoms with Crippen LogP contribution < -0.4 is 0 Å². The van der Waals surface area contributed by atoms with Gasteiger partial charge in [-0.2, -0.15) is 0 Å². The third-order valence-corrected chi connectivity index (χ3v) is 2.95. The van der Waals surface area contributed by atoms with Gasteiger partial charge in [0.1, 0.15) is 5.78 Å². The predicted octanol–water partition coefficient (Wildman–Crippen LogP) is 4.04. The van der Waals surface area contributed by atoms with Gasteiger partial charge in [0.15, 0.2) is 0 Å². The second-order valence-electron chi connectivity index (χ2n) is 4.72. The predicted molar refractivity (Wildman–Crippen MR) is 73.5 cm³/mol. The normalized spacial score (nSPS) is 10.3. The third kappa shape index (κ3) is 11.6. The topological polar surface area (TPSA) is 43.4 Å². The lowest BCUT2D eigenvalue weighted by Crippen LogP contribution is -2.03. The number of hydrogen-bond donors (Lipinski definition) is 0. The van der Waals surface area contributed by atoms with Gasteiger partial charge in [0.25, 0.3) is 0 Å². The number of ketones is 1. The molecule has 3 heteroatoms. The summed E-state index contributed by atoms with van der Waals surface area (Å²) in [5.74, 6) is 0.294. The minimum Gasteiger partial charge on any atom is -0.466 e. The first-order valence-electron chi connectivity index (χ1n) is 7.38. The molecule has 0 saturated carbocycles. The van der Waals surface area contributed by atoms with Gasteiger partial charge in [-0.3, -0.25) is 9.59 Å². The molecule has 0 amide bonds. The van der Waals surface area contributed by atoms with E-state index in [4.69, 9.17) is 4.74 Å². The Balaban J connectivity index is 3.24. The number of carbonyl (C=O) groups is 2. The van der Waals surface area contributed by atoms with Gasteiger partial charge in [-0.15, -0.1) is 0 Å². The SMILES string of the molecule is CCCCCC(=O)CCCCCCC(=O)OCC. The van der Waals surface area contributed by atoms with Crippen LogP contribution in [0.3, 0.4) is 0 Å². The molecule has 0 fully saturated rings. The molecule has 0 aliphatic rings. The van der Waals surface area contributed by atoms with Crippen molar-refractivity contribution >= 4 is 11.8 Å². The van der Waals surface area contributed by atoms with Crippen LogP contribution >= 0.6 is 0 Å². The molecule has 0 unspecified atom stereocenters. The summed E-state index contributed by atoms with van der Waals surface area (Å²) >= 11 is 0. The summed E-state index contributed by atoms with van der Waals surface area (Å²) in [7, 11) is 0. The van der Waals surface area contributed by atoms with Gasteiger partial charge in [-0.25, -0.2) is 0 Å². The van der Waals surface area contributed by atoms with Crippen LogP contribution in [0.25, 0.3) is 0 Å². The van der Waals surface area contributed by atoms with E-state index < -0.39 is 0 Å². The largest absolute Gasteiger partial charge is 0.466 e. The summed E-state index contributed by atoms with van der Waals surface area (Å²) in [4.78, 5) is 22.5. The van der Waals surface area contributed by atoms with E-state index in [1.165, 1.54) is 6.42 Å². The molecule has 0 aliphatic carbocycles. The molecule has 0 spiro atoms.